The number of rotatable bonds is 0. The van der Waals surface area contributed by atoms with Crippen LogP contribution in [0.4, 0.5) is 0 Å². The van der Waals surface area contributed by atoms with Gasteiger partial charge in [0.2, 0.25) is 0 Å². The fourth-order valence-electron chi connectivity index (χ4n) is 5.28. The Kier molecular flexibility index (Phi) is 1.91. The zero-order valence-electron chi connectivity index (χ0n) is 14.6. The van der Waals surface area contributed by atoms with Crippen molar-refractivity contribution in [1.82, 2.24) is 0 Å². The summed E-state index contributed by atoms with van der Waals surface area (Å²) < 4.78 is 0. The van der Waals surface area contributed by atoms with Gasteiger partial charge >= 0.3 is 0 Å². The molecular weight excluding hydrogens is 288 g/mol. The summed E-state index contributed by atoms with van der Waals surface area (Å²) in [5.74, 6) is 0. The van der Waals surface area contributed by atoms with E-state index in [1.165, 1.54) is 54.6 Å². The van der Waals surface area contributed by atoms with Gasteiger partial charge in [0.25, 0.3) is 0 Å². The van der Waals surface area contributed by atoms with Gasteiger partial charge in [0.15, 0.2) is 0 Å². The molecule has 2 aliphatic rings. The quantitative estimate of drug-likeness (QED) is 0.279. The lowest BCUT2D eigenvalue weighted by Gasteiger charge is -2.48. The Hall–Kier alpha value is -2.34. The number of benzene rings is 4. The Morgan fingerprint density at radius 1 is 0.458 bits per heavy atom. The molecule has 24 heavy (non-hydrogen) atoms. The van der Waals surface area contributed by atoms with E-state index in [4.69, 9.17) is 0 Å². The van der Waals surface area contributed by atoms with Gasteiger partial charge in [0.1, 0.15) is 0 Å². The minimum atomic E-state index is 0.113. The zero-order chi connectivity index (χ0) is 16.4. The lowest BCUT2D eigenvalue weighted by molar-refractivity contribution is 0.300. The summed E-state index contributed by atoms with van der Waals surface area (Å²) in [5, 5.41) is 8.59. The smallest absolute Gasteiger partial charge is 0.000544 e. The average Bonchev–Trinajstić information content (AvgIpc) is 2.92. The average molecular weight is 308 g/mol. The fourth-order valence-corrected chi connectivity index (χ4v) is 5.28. The first-order valence-corrected chi connectivity index (χ1v) is 8.89. The van der Waals surface area contributed by atoms with Gasteiger partial charge < -0.3 is 0 Å². The van der Waals surface area contributed by atoms with Gasteiger partial charge in [-0.3, -0.25) is 0 Å². The van der Waals surface area contributed by atoms with E-state index in [9.17, 15) is 0 Å². The van der Waals surface area contributed by atoms with E-state index in [1.807, 2.05) is 0 Å². The highest BCUT2D eigenvalue weighted by atomic mass is 14.5. The molecule has 0 N–H and O–H groups in total. The van der Waals surface area contributed by atoms with E-state index in [2.05, 4.69) is 76.2 Å². The molecule has 0 aromatic heterocycles. The van der Waals surface area contributed by atoms with E-state index >= 15 is 0 Å². The fraction of sp³-hybridized carbons (Fsp3) is 0.250. The van der Waals surface area contributed by atoms with Crippen LogP contribution in [-0.4, -0.2) is 0 Å². The van der Waals surface area contributed by atoms with Crippen molar-refractivity contribution < 1.29 is 0 Å². The predicted molar refractivity (Wildman–Crippen MR) is 104 cm³/mol. The summed E-state index contributed by atoms with van der Waals surface area (Å²) in [4.78, 5) is 0. The zero-order valence-corrected chi connectivity index (χ0v) is 14.6. The molecular formula is C24H20. The van der Waals surface area contributed by atoms with Crippen molar-refractivity contribution >= 4 is 32.3 Å². The normalized spacial score (nSPS) is 18.7. The van der Waals surface area contributed by atoms with Crippen LogP contribution >= 0.6 is 0 Å². The maximum Gasteiger partial charge on any atom is -0.000544 e. The van der Waals surface area contributed by atoms with Gasteiger partial charge in [0, 0.05) is 0 Å². The Morgan fingerprint density at radius 2 is 0.792 bits per heavy atom. The van der Waals surface area contributed by atoms with Crippen molar-refractivity contribution in [1.29, 1.82) is 0 Å². The van der Waals surface area contributed by atoms with Crippen molar-refractivity contribution in [2.45, 2.75) is 38.5 Å². The Balaban J connectivity index is 2.06. The molecule has 0 saturated carbocycles. The lowest BCUT2D eigenvalue weighted by Crippen LogP contribution is -2.43. The minimum absolute atomic E-state index is 0.113. The van der Waals surface area contributed by atoms with Crippen molar-refractivity contribution in [3.63, 3.8) is 0 Å². The molecule has 4 aromatic carbocycles. The second-order valence-electron chi connectivity index (χ2n) is 8.65. The Labute approximate surface area is 142 Å². The van der Waals surface area contributed by atoms with Gasteiger partial charge in [0.05, 0.1) is 0 Å². The van der Waals surface area contributed by atoms with Crippen molar-refractivity contribution in [2.75, 3.05) is 0 Å². The first-order valence-electron chi connectivity index (χ1n) is 8.89. The highest BCUT2D eigenvalue weighted by Crippen LogP contribution is 2.61. The molecule has 0 radical (unpaired) electrons. The van der Waals surface area contributed by atoms with Crippen LogP contribution < -0.4 is 0 Å². The van der Waals surface area contributed by atoms with Crippen LogP contribution in [-0.2, 0) is 10.8 Å². The molecule has 0 atom stereocenters. The molecule has 4 aromatic rings. The molecule has 0 nitrogen and oxygen atoms in total. The molecule has 116 valence electrons. The third-order valence-electron chi connectivity index (χ3n) is 7.31. The molecule has 0 unspecified atom stereocenters. The molecule has 0 spiro atoms. The Bertz CT molecular complexity index is 1140. The summed E-state index contributed by atoms with van der Waals surface area (Å²) in [7, 11) is 0. The highest BCUT2D eigenvalue weighted by Gasteiger charge is 2.48. The molecule has 0 heterocycles. The summed E-state index contributed by atoms with van der Waals surface area (Å²) in [6.07, 6.45) is 0. The van der Waals surface area contributed by atoms with Gasteiger partial charge in [-0.15, -0.1) is 0 Å². The second kappa shape index (κ2) is 3.52. The number of hydrogen-bond donors (Lipinski definition) is 0. The van der Waals surface area contributed by atoms with Gasteiger partial charge in [-0.1, -0.05) is 76.2 Å². The maximum atomic E-state index is 2.42. The van der Waals surface area contributed by atoms with E-state index in [-0.39, 0.29) is 10.8 Å². The molecule has 6 rings (SSSR count). The topological polar surface area (TPSA) is 0 Å². The summed E-state index contributed by atoms with van der Waals surface area (Å²) in [6, 6.07) is 18.6. The summed E-state index contributed by atoms with van der Waals surface area (Å²) in [5.41, 5.74) is 6.30. The second-order valence-corrected chi connectivity index (χ2v) is 8.65. The predicted octanol–water partition coefficient (Wildman–Crippen LogP) is 6.70. The summed E-state index contributed by atoms with van der Waals surface area (Å²) >= 11 is 0. The van der Waals surface area contributed by atoms with E-state index in [1.54, 1.807) is 0 Å². The first-order chi connectivity index (χ1) is 11.4. The van der Waals surface area contributed by atoms with E-state index < -0.39 is 0 Å². The highest BCUT2D eigenvalue weighted by molar-refractivity contribution is 6.34. The van der Waals surface area contributed by atoms with Crippen molar-refractivity contribution in [3.8, 4) is 11.1 Å². The van der Waals surface area contributed by atoms with Crippen LogP contribution in [0.2, 0.25) is 0 Å². The van der Waals surface area contributed by atoms with Crippen LogP contribution in [0.1, 0.15) is 38.8 Å². The lowest BCUT2D eigenvalue weighted by atomic mass is 9.55. The van der Waals surface area contributed by atoms with Crippen LogP contribution in [0.3, 0.4) is 0 Å². The third-order valence-corrected chi connectivity index (χ3v) is 7.31. The van der Waals surface area contributed by atoms with Crippen LogP contribution in [0.25, 0.3) is 43.4 Å². The monoisotopic (exact) mass is 308 g/mol. The molecule has 0 aliphatic heterocycles. The molecule has 2 aliphatic carbocycles. The SMILES string of the molecule is CC1(C)c2ccc3ccc4ccc5ccc(c6c5c4c3c2-6)C1(C)C. The molecule has 0 bridgehead atoms. The van der Waals surface area contributed by atoms with Crippen LogP contribution in [0, 0.1) is 0 Å². The summed E-state index contributed by atoms with van der Waals surface area (Å²) in [6.45, 7) is 9.67. The van der Waals surface area contributed by atoms with Crippen molar-refractivity contribution in [3.05, 3.63) is 59.7 Å². The molecule has 0 amide bonds. The van der Waals surface area contributed by atoms with Crippen LogP contribution in [0.5, 0.6) is 0 Å². The molecule has 0 saturated heterocycles. The third kappa shape index (κ3) is 1.11. The first kappa shape index (κ1) is 13.0. The van der Waals surface area contributed by atoms with Crippen molar-refractivity contribution in [2.24, 2.45) is 0 Å². The molecule has 0 fully saturated rings. The molecule has 0 heteroatoms. The minimum Gasteiger partial charge on any atom is -0.0572 e. The number of hydrogen-bond acceptors (Lipinski definition) is 0. The van der Waals surface area contributed by atoms with Gasteiger partial charge in [-0.25, -0.2) is 0 Å². The largest absolute Gasteiger partial charge is 0.0572 e. The van der Waals surface area contributed by atoms with Gasteiger partial charge in [-0.2, -0.15) is 0 Å². The van der Waals surface area contributed by atoms with E-state index in [0.717, 1.165) is 0 Å². The maximum absolute atomic E-state index is 2.42. The standard InChI is InChI=1S/C24H20/c1-23(2)16-11-9-14-7-5-13-6-8-15-10-12-17(24(23,3)4)22-20(15)18(13)19(14)21(16)22/h5-12H,1-4H3. The Morgan fingerprint density at radius 3 is 1.21 bits per heavy atom. The van der Waals surface area contributed by atoms with Gasteiger partial charge in [-0.05, 0) is 65.4 Å². The van der Waals surface area contributed by atoms with E-state index in [0.29, 0.717) is 0 Å². The van der Waals surface area contributed by atoms with Crippen LogP contribution in [0.15, 0.2) is 48.5 Å².